The molecule has 0 amide bonds. The molecule has 0 aromatic carbocycles. The minimum atomic E-state index is -0.994. The number of hydrogen-bond acceptors (Lipinski definition) is 4. The van der Waals surface area contributed by atoms with Crippen LogP contribution in [0.15, 0.2) is 0 Å². The van der Waals surface area contributed by atoms with Crippen LogP contribution in [-0.2, 0) is 6.54 Å². The van der Waals surface area contributed by atoms with E-state index in [1.807, 2.05) is 13.8 Å². The second-order valence-electron chi connectivity index (χ2n) is 5.06. The minimum Gasteiger partial charge on any atom is -0.476 e. The summed E-state index contributed by atoms with van der Waals surface area (Å²) >= 11 is 0. The van der Waals surface area contributed by atoms with Gasteiger partial charge in [-0.15, -0.1) is 5.10 Å². The monoisotopic (exact) mass is 252 g/mol. The Morgan fingerprint density at radius 1 is 1.33 bits per heavy atom. The first kappa shape index (κ1) is 13.0. The van der Waals surface area contributed by atoms with Crippen molar-refractivity contribution in [3.8, 4) is 0 Å². The van der Waals surface area contributed by atoms with Crippen LogP contribution in [0, 0.1) is 0 Å². The molecular weight excluding hydrogens is 232 g/mol. The third kappa shape index (κ3) is 2.69. The van der Waals surface area contributed by atoms with Gasteiger partial charge in [0.1, 0.15) is 0 Å². The predicted molar refractivity (Wildman–Crippen MR) is 66.7 cm³/mol. The first-order valence-corrected chi connectivity index (χ1v) is 6.48. The van der Waals surface area contributed by atoms with E-state index in [1.54, 1.807) is 4.68 Å². The molecule has 18 heavy (non-hydrogen) atoms. The molecule has 2 rings (SSSR count). The lowest BCUT2D eigenvalue weighted by Crippen LogP contribution is -2.25. The summed E-state index contributed by atoms with van der Waals surface area (Å²) in [7, 11) is 0. The molecule has 6 nitrogen and oxygen atoms in total. The first-order valence-electron chi connectivity index (χ1n) is 6.48. The van der Waals surface area contributed by atoms with Crippen LogP contribution in [0.25, 0.3) is 0 Å². The van der Waals surface area contributed by atoms with E-state index < -0.39 is 5.97 Å². The van der Waals surface area contributed by atoms with Crippen molar-refractivity contribution in [3.05, 3.63) is 11.4 Å². The molecule has 6 heteroatoms. The maximum Gasteiger partial charge on any atom is 0.358 e. The average Bonchev–Trinajstić information content (AvgIpc) is 2.95. The molecule has 0 bridgehead atoms. The number of nitrogens with zero attached hydrogens (tertiary/aromatic N) is 4. The summed E-state index contributed by atoms with van der Waals surface area (Å²) in [5.41, 5.74) is 0.813. The number of carboxylic acids is 1. The van der Waals surface area contributed by atoms with Gasteiger partial charge in [-0.05, 0) is 31.8 Å². The quantitative estimate of drug-likeness (QED) is 0.852. The molecule has 1 saturated heterocycles. The van der Waals surface area contributed by atoms with Crippen LogP contribution < -0.4 is 0 Å². The van der Waals surface area contributed by atoms with Gasteiger partial charge in [-0.3, -0.25) is 0 Å². The molecule has 2 heterocycles. The summed E-state index contributed by atoms with van der Waals surface area (Å²) in [4.78, 5) is 13.5. The van der Waals surface area contributed by atoms with Crippen LogP contribution in [0.2, 0.25) is 0 Å². The van der Waals surface area contributed by atoms with Crippen LogP contribution >= 0.6 is 0 Å². The van der Waals surface area contributed by atoms with E-state index in [2.05, 4.69) is 15.2 Å². The van der Waals surface area contributed by atoms with Crippen LogP contribution in [0.5, 0.6) is 0 Å². The Morgan fingerprint density at radius 2 is 2.00 bits per heavy atom. The maximum atomic E-state index is 11.1. The topological polar surface area (TPSA) is 71.2 Å². The number of rotatable bonds is 5. The number of carbonyl (C=O) groups is 1. The van der Waals surface area contributed by atoms with Gasteiger partial charge in [-0.2, -0.15) is 0 Å². The molecule has 0 unspecified atom stereocenters. The number of aromatic carboxylic acids is 1. The summed E-state index contributed by atoms with van der Waals surface area (Å²) in [6.45, 7) is 7.85. The number of likely N-dealkylation sites (tertiary alicyclic amines) is 1. The van der Waals surface area contributed by atoms with Crippen LogP contribution in [0.1, 0.15) is 48.8 Å². The summed E-state index contributed by atoms with van der Waals surface area (Å²) in [6, 6.07) is 0. The molecule has 1 fully saturated rings. The molecule has 100 valence electrons. The predicted octanol–water partition coefficient (Wildman–Crippen LogP) is 1.20. The highest BCUT2D eigenvalue weighted by Gasteiger charge is 2.22. The Kier molecular flexibility index (Phi) is 3.96. The Bertz CT molecular complexity index is 422. The van der Waals surface area contributed by atoms with Crippen molar-refractivity contribution in [2.75, 3.05) is 19.6 Å². The Labute approximate surface area is 107 Å². The van der Waals surface area contributed by atoms with Gasteiger partial charge in [-0.25, -0.2) is 9.48 Å². The minimum absolute atomic E-state index is 0.0893. The van der Waals surface area contributed by atoms with Gasteiger partial charge in [0.15, 0.2) is 5.69 Å². The fourth-order valence-corrected chi connectivity index (χ4v) is 2.45. The summed E-state index contributed by atoms with van der Waals surface area (Å²) in [5.74, 6) is -0.879. The molecule has 0 radical (unpaired) electrons. The second-order valence-corrected chi connectivity index (χ2v) is 5.06. The largest absolute Gasteiger partial charge is 0.476 e. The Balaban J connectivity index is 2.09. The number of carboxylic acid groups (broad SMARTS) is 1. The van der Waals surface area contributed by atoms with Crippen molar-refractivity contribution < 1.29 is 9.90 Å². The normalized spacial score (nSPS) is 16.6. The van der Waals surface area contributed by atoms with Crippen molar-refractivity contribution in [2.45, 2.75) is 39.2 Å². The molecule has 0 spiro atoms. The maximum absolute atomic E-state index is 11.1. The summed E-state index contributed by atoms with van der Waals surface area (Å²) in [5, 5.41) is 16.8. The molecule has 1 aliphatic rings. The Hall–Kier alpha value is -1.43. The zero-order valence-corrected chi connectivity index (χ0v) is 11.0. The van der Waals surface area contributed by atoms with Gasteiger partial charge in [-0.1, -0.05) is 19.1 Å². The van der Waals surface area contributed by atoms with E-state index in [9.17, 15) is 4.79 Å². The van der Waals surface area contributed by atoms with Crippen molar-refractivity contribution in [3.63, 3.8) is 0 Å². The lowest BCUT2D eigenvalue weighted by atomic mass is 10.1. The molecule has 1 aromatic heterocycles. The molecule has 1 N–H and O–H groups in total. The SMILES string of the molecule is CC(C)c1c(C(=O)O)nnn1CCN1CCCC1. The van der Waals surface area contributed by atoms with Crippen molar-refractivity contribution in [1.82, 2.24) is 19.9 Å². The first-order chi connectivity index (χ1) is 8.59. The highest BCUT2D eigenvalue weighted by molar-refractivity contribution is 5.86. The zero-order chi connectivity index (χ0) is 13.1. The standard InChI is InChI=1S/C12H20N4O2/c1-9(2)11-10(12(17)18)13-14-16(11)8-7-15-5-3-4-6-15/h9H,3-8H2,1-2H3,(H,17,18). The van der Waals surface area contributed by atoms with E-state index in [4.69, 9.17) is 5.11 Å². The summed E-state index contributed by atoms with van der Waals surface area (Å²) in [6.07, 6.45) is 2.52. The van der Waals surface area contributed by atoms with E-state index in [1.165, 1.54) is 12.8 Å². The van der Waals surface area contributed by atoms with Crippen molar-refractivity contribution in [2.24, 2.45) is 0 Å². The highest BCUT2D eigenvalue weighted by Crippen LogP contribution is 2.18. The van der Waals surface area contributed by atoms with Gasteiger partial charge < -0.3 is 10.0 Å². The van der Waals surface area contributed by atoms with Crippen LogP contribution in [-0.4, -0.2) is 50.6 Å². The van der Waals surface area contributed by atoms with Gasteiger partial charge >= 0.3 is 5.97 Å². The zero-order valence-electron chi connectivity index (χ0n) is 11.0. The molecule has 1 aromatic rings. The lowest BCUT2D eigenvalue weighted by molar-refractivity contribution is 0.0688. The Morgan fingerprint density at radius 3 is 2.56 bits per heavy atom. The third-order valence-electron chi connectivity index (χ3n) is 3.35. The van der Waals surface area contributed by atoms with E-state index in [0.29, 0.717) is 6.54 Å². The van der Waals surface area contributed by atoms with Gasteiger partial charge in [0.2, 0.25) is 0 Å². The van der Waals surface area contributed by atoms with E-state index >= 15 is 0 Å². The number of aromatic nitrogens is 3. The fourth-order valence-electron chi connectivity index (χ4n) is 2.45. The molecule has 0 atom stereocenters. The molecule has 0 aliphatic carbocycles. The van der Waals surface area contributed by atoms with Crippen LogP contribution in [0.4, 0.5) is 0 Å². The van der Waals surface area contributed by atoms with E-state index in [-0.39, 0.29) is 11.6 Å². The fraction of sp³-hybridized carbons (Fsp3) is 0.750. The molecule has 0 saturated carbocycles. The lowest BCUT2D eigenvalue weighted by Gasteiger charge is -2.16. The van der Waals surface area contributed by atoms with Gasteiger partial charge in [0, 0.05) is 6.54 Å². The summed E-state index contributed by atoms with van der Waals surface area (Å²) < 4.78 is 1.74. The highest BCUT2D eigenvalue weighted by atomic mass is 16.4. The van der Waals surface area contributed by atoms with E-state index in [0.717, 1.165) is 25.3 Å². The second kappa shape index (κ2) is 5.48. The van der Waals surface area contributed by atoms with Crippen LogP contribution in [0.3, 0.4) is 0 Å². The van der Waals surface area contributed by atoms with Gasteiger partial charge in [0.25, 0.3) is 0 Å². The van der Waals surface area contributed by atoms with Gasteiger partial charge in [0.05, 0.1) is 12.2 Å². The average molecular weight is 252 g/mol. The third-order valence-corrected chi connectivity index (χ3v) is 3.35. The molecule has 1 aliphatic heterocycles. The smallest absolute Gasteiger partial charge is 0.358 e. The van der Waals surface area contributed by atoms with Crippen molar-refractivity contribution in [1.29, 1.82) is 0 Å². The molecular formula is C12H20N4O2. The van der Waals surface area contributed by atoms with Crippen molar-refractivity contribution >= 4 is 5.97 Å². The number of hydrogen-bond donors (Lipinski definition) is 1.